The standard InChI is InChI=1S/C17H17ClFNO4/c1-10(24-14-7-5-4-6-12(14)19)17(21)20-13-8-11(18)15(22-2)9-16(13)23-3/h4-10H,1-3H3,(H,20,21). The molecule has 2 aromatic carbocycles. The summed E-state index contributed by atoms with van der Waals surface area (Å²) in [5.41, 5.74) is 0.359. The van der Waals surface area contributed by atoms with Gasteiger partial charge in [0.1, 0.15) is 11.5 Å². The highest BCUT2D eigenvalue weighted by Gasteiger charge is 2.19. The molecule has 0 aliphatic carbocycles. The number of carbonyl (C=O) groups is 1. The van der Waals surface area contributed by atoms with Crippen LogP contribution in [0.2, 0.25) is 5.02 Å². The maximum absolute atomic E-state index is 13.6. The Balaban J connectivity index is 2.14. The Morgan fingerprint density at radius 2 is 1.79 bits per heavy atom. The molecule has 0 aliphatic heterocycles. The molecule has 0 aromatic heterocycles. The quantitative estimate of drug-likeness (QED) is 0.855. The first-order valence-electron chi connectivity index (χ1n) is 7.09. The van der Waals surface area contributed by atoms with Crippen LogP contribution in [0.4, 0.5) is 10.1 Å². The molecule has 128 valence electrons. The first kappa shape index (κ1) is 17.9. The van der Waals surface area contributed by atoms with E-state index < -0.39 is 17.8 Å². The van der Waals surface area contributed by atoms with Gasteiger partial charge in [0.2, 0.25) is 0 Å². The van der Waals surface area contributed by atoms with E-state index in [-0.39, 0.29) is 5.75 Å². The molecule has 0 heterocycles. The lowest BCUT2D eigenvalue weighted by Gasteiger charge is -2.17. The number of hydrogen-bond donors (Lipinski definition) is 1. The van der Waals surface area contributed by atoms with Gasteiger partial charge in [-0.15, -0.1) is 0 Å². The predicted molar refractivity (Wildman–Crippen MR) is 89.7 cm³/mol. The lowest BCUT2D eigenvalue weighted by atomic mass is 10.2. The van der Waals surface area contributed by atoms with E-state index in [1.54, 1.807) is 12.1 Å². The average molecular weight is 354 g/mol. The first-order valence-corrected chi connectivity index (χ1v) is 7.47. The maximum atomic E-state index is 13.6. The topological polar surface area (TPSA) is 56.8 Å². The van der Waals surface area contributed by atoms with Gasteiger partial charge in [0.05, 0.1) is 24.9 Å². The second-order valence-electron chi connectivity index (χ2n) is 4.87. The fraction of sp³-hybridized carbons (Fsp3) is 0.235. The van der Waals surface area contributed by atoms with Crippen LogP contribution in [0.1, 0.15) is 6.92 Å². The van der Waals surface area contributed by atoms with Crippen molar-refractivity contribution in [1.29, 1.82) is 0 Å². The van der Waals surface area contributed by atoms with Gasteiger partial charge >= 0.3 is 0 Å². The van der Waals surface area contributed by atoms with Crippen molar-refractivity contribution in [2.75, 3.05) is 19.5 Å². The molecule has 1 N–H and O–H groups in total. The molecule has 24 heavy (non-hydrogen) atoms. The Morgan fingerprint density at radius 3 is 2.42 bits per heavy atom. The summed E-state index contributed by atoms with van der Waals surface area (Å²) in [6.45, 7) is 1.51. The van der Waals surface area contributed by atoms with Crippen LogP contribution in [0, 0.1) is 5.82 Å². The number of ether oxygens (including phenoxy) is 3. The van der Waals surface area contributed by atoms with Crippen molar-refractivity contribution in [2.24, 2.45) is 0 Å². The number of para-hydroxylation sites is 1. The summed E-state index contributed by atoms with van der Waals surface area (Å²) in [6.07, 6.45) is -0.924. The molecular weight excluding hydrogens is 337 g/mol. The van der Waals surface area contributed by atoms with Gasteiger partial charge in [0.25, 0.3) is 5.91 Å². The van der Waals surface area contributed by atoms with E-state index in [1.165, 1.54) is 45.4 Å². The van der Waals surface area contributed by atoms with Crippen LogP contribution in [-0.4, -0.2) is 26.2 Å². The Labute approximate surface area is 144 Å². The second kappa shape index (κ2) is 7.88. The fourth-order valence-electron chi connectivity index (χ4n) is 1.98. The summed E-state index contributed by atoms with van der Waals surface area (Å²) < 4.78 is 29.2. The molecule has 1 unspecified atom stereocenters. The van der Waals surface area contributed by atoms with Crippen molar-refractivity contribution in [3.05, 3.63) is 47.2 Å². The first-order chi connectivity index (χ1) is 11.5. The third-order valence-electron chi connectivity index (χ3n) is 3.24. The zero-order valence-corrected chi connectivity index (χ0v) is 14.2. The largest absolute Gasteiger partial charge is 0.495 e. The molecule has 7 heteroatoms. The van der Waals surface area contributed by atoms with Gasteiger partial charge in [0, 0.05) is 6.07 Å². The Kier molecular flexibility index (Phi) is 5.87. The smallest absolute Gasteiger partial charge is 0.265 e. The van der Waals surface area contributed by atoms with Crippen LogP contribution < -0.4 is 19.5 Å². The molecule has 0 spiro atoms. The molecule has 0 radical (unpaired) electrons. The molecule has 0 aliphatic rings. The van der Waals surface area contributed by atoms with Crippen molar-refractivity contribution < 1.29 is 23.4 Å². The minimum atomic E-state index is -0.924. The second-order valence-corrected chi connectivity index (χ2v) is 5.27. The molecule has 2 aromatic rings. The van der Waals surface area contributed by atoms with E-state index in [4.69, 9.17) is 25.8 Å². The van der Waals surface area contributed by atoms with E-state index in [0.717, 1.165) is 0 Å². The highest BCUT2D eigenvalue weighted by Crippen LogP contribution is 2.36. The van der Waals surface area contributed by atoms with Gasteiger partial charge in [-0.1, -0.05) is 23.7 Å². The van der Waals surface area contributed by atoms with Crippen LogP contribution in [0.5, 0.6) is 17.2 Å². The molecule has 0 saturated carbocycles. The third kappa shape index (κ3) is 4.08. The summed E-state index contributed by atoms with van der Waals surface area (Å²) in [5, 5.41) is 2.96. The summed E-state index contributed by atoms with van der Waals surface area (Å²) >= 11 is 6.06. The van der Waals surface area contributed by atoms with E-state index >= 15 is 0 Å². The van der Waals surface area contributed by atoms with Gasteiger partial charge in [0.15, 0.2) is 17.7 Å². The highest BCUT2D eigenvalue weighted by molar-refractivity contribution is 6.32. The summed E-state index contributed by atoms with van der Waals surface area (Å²) in [4.78, 5) is 12.3. The zero-order chi connectivity index (χ0) is 17.7. The Bertz CT molecular complexity index is 739. The van der Waals surface area contributed by atoms with Crippen LogP contribution in [0.3, 0.4) is 0 Å². The lowest BCUT2D eigenvalue weighted by Crippen LogP contribution is -2.30. The van der Waals surface area contributed by atoms with Crippen LogP contribution >= 0.6 is 11.6 Å². The Hall–Kier alpha value is -2.47. The Morgan fingerprint density at radius 1 is 1.12 bits per heavy atom. The van der Waals surface area contributed by atoms with Gasteiger partial charge < -0.3 is 19.5 Å². The molecule has 1 atom stereocenters. The van der Waals surface area contributed by atoms with Gasteiger partial charge in [-0.2, -0.15) is 0 Å². The average Bonchev–Trinajstić information content (AvgIpc) is 2.57. The molecule has 2 rings (SSSR count). The fourth-order valence-corrected chi connectivity index (χ4v) is 2.22. The summed E-state index contributed by atoms with van der Waals surface area (Å²) in [5.74, 6) is -0.218. The van der Waals surface area contributed by atoms with E-state index in [1.807, 2.05) is 0 Å². The molecule has 0 fully saturated rings. The van der Waals surface area contributed by atoms with E-state index in [2.05, 4.69) is 5.32 Å². The molecule has 5 nitrogen and oxygen atoms in total. The van der Waals surface area contributed by atoms with Crippen molar-refractivity contribution in [3.63, 3.8) is 0 Å². The van der Waals surface area contributed by atoms with Crippen molar-refractivity contribution in [3.8, 4) is 17.2 Å². The molecule has 1 amide bonds. The normalized spacial score (nSPS) is 11.5. The number of halogens is 2. The maximum Gasteiger partial charge on any atom is 0.265 e. The summed E-state index contributed by atoms with van der Waals surface area (Å²) in [7, 11) is 2.93. The SMILES string of the molecule is COc1cc(OC)c(NC(=O)C(C)Oc2ccccc2F)cc1Cl. The minimum absolute atomic E-state index is 0.000113. The third-order valence-corrected chi connectivity index (χ3v) is 3.54. The highest BCUT2D eigenvalue weighted by atomic mass is 35.5. The number of carbonyl (C=O) groups excluding carboxylic acids is 1. The minimum Gasteiger partial charge on any atom is -0.495 e. The van der Waals surface area contributed by atoms with Gasteiger partial charge in [-0.05, 0) is 25.1 Å². The number of benzene rings is 2. The van der Waals surface area contributed by atoms with Crippen molar-refractivity contribution in [2.45, 2.75) is 13.0 Å². The number of anilines is 1. The van der Waals surface area contributed by atoms with Crippen LogP contribution in [0.25, 0.3) is 0 Å². The van der Waals surface area contributed by atoms with Crippen LogP contribution in [-0.2, 0) is 4.79 Å². The number of amides is 1. The molecule has 0 bridgehead atoms. The molecule has 0 saturated heterocycles. The number of hydrogen-bond acceptors (Lipinski definition) is 4. The van der Waals surface area contributed by atoms with E-state index in [0.29, 0.717) is 22.2 Å². The van der Waals surface area contributed by atoms with Gasteiger partial charge in [-0.25, -0.2) is 4.39 Å². The van der Waals surface area contributed by atoms with Crippen molar-refractivity contribution >= 4 is 23.2 Å². The number of methoxy groups -OCH3 is 2. The predicted octanol–water partition coefficient (Wildman–Crippen LogP) is 3.90. The zero-order valence-electron chi connectivity index (χ0n) is 13.4. The lowest BCUT2D eigenvalue weighted by molar-refractivity contribution is -0.122. The monoisotopic (exact) mass is 353 g/mol. The number of rotatable bonds is 6. The van der Waals surface area contributed by atoms with Crippen molar-refractivity contribution in [1.82, 2.24) is 0 Å². The van der Waals surface area contributed by atoms with Crippen LogP contribution in [0.15, 0.2) is 36.4 Å². The number of nitrogens with one attached hydrogen (secondary N) is 1. The molecular formula is C17H17ClFNO4. The van der Waals surface area contributed by atoms with Gasteiger partial charge in [-0.3, -0.25) is 4.79 Å². The van der Waals surface area contributed by atoms with E-state index in [9.17, 15) is 9.18 Å². The summed E-state index contributed by atoms with van der Waals surface area (Å²) in [6, 6.07) is 8.93.